The van der Waals surface area contributed by atoms with Crippen LogP contribution < -0.4 is 10.1 Å². The number of hydrogen-bond acceptors (Lipinski definition) is 2. The van der Waals surface area contributed by atoms with Crippen molar-refractivity contribution in [2.45, 2.75) is 6.92 Å². The Balaban J connectivity index is 2.37. The number of hydrogen-bond donors (Lipinski definition) is 1. The predicted molar refractivity (Wildman–Crippen MR) is 72.6 cm³/mol. The highest BCUT2D eigenvalue weighted by Crippen LogP contribution is 2.28. The van der Waals surface area contributed by atoms with Crippen molar-refractivity contribution in [2.24, 2.45) is 0 Å². The summed E-state index contributed by atoms with van der Waals surface area (Å²) in [4.78, 5) is 0. The summed E-state index contributed by atoms with van der Waals surface area (Å²) in [5.41, 5.74) is 3.58. The highest BCUT2D eigenvalue weighted by Gasteiger charge is 2.03. The molecular formula is C15H17NO. The van der Waals surface area contributed by atoms with Crippen LogP contribution in [-0.2, 0) is 0 Å². The lowest BCUT2D eigenvalue weighted by Gasteiger charge is -2.11. The Bertz CT molecular complexity index is 477. The summed E-state index contributed by atoms with van der Waals surface area (Å²) < 4.78 is 5.17. The highest BCUT2D eigenvalue weighted by atomic mass is 16.5. The van der Waals surface area contributed by atoms with Crippen LogP contribution in [-0.4, -0.2) is 13.7 Å². The third-order valence-corrected chi connectivity index (χ3v) is 2.70. The van der Waals surface area contributed by atoms with Crippen molar-refractivity contribution in [2.75, 3.05) is 19.0 Å². The molecule has 0 aliphatic heterocycles. The van der Waals surface area contributed by atoms with Crippen molar-refractivity contribution in [1.82, 2.24) is 0 Å². The molecule has 0 aliphatic rings. The zero-order chi connectivity index (χ0) is 12.1. The van der Waals surface area contributed by atoms with E-state index in [2.05, 4.69) is 42.6 Å². The molecule has 1 N–H and O–H groups in total. The van der Waals surface area contributed by atoms with Gasteiger partial charge in [0.1, 0.15) is 5.75 Å². The molecule has 0 saturated heterocycles. The Hall–Kier alpha value is -1.96. The lowest BCUT2D eigenvalue weighted by atomic mass is 10.0. The number of anilines is 1. The predicted octanol–water partition coefficient (Wildman–Crippen LogP) is 3.79. The molecule has 0 heterocycles. The van der Waals surface area contributed by atoms with Crippen molar-refractivity contribution in [1.29, 1.82) is 0 Å². The topological polar surface area (TPSA) is 21.3 Å². The molecule has 17 heavy (non-hydrogen) atoms. The van der Waals surface area contributed by atoms with Gasteiger partial charge in [-0.3, -0.25) is 0 Å². The monoisotopic (exact) mass is 227 g/mol. The third kappa shape index (κ3) is 2.59. The van der Waals surface area contributed by atoms with Gasteiger partial charge in [-0.05, 0) is 30.7 Å². The fourth-order valence-corrected chi connectivity index (χ4v) is 1.85. The molecule has 0 fully saturated rings. The van der Waals surface area contributed by atoms with Crippen LogP contribution in [0.4, 0.5) is 5.69 Å². The minimum atomic E-state index is 0.884. The van der Waals surface area contributed by atoms with Crippen molar-refractivity contribution in [3.8, 4) is 16.9 Å². The number of benzene rings is 2. The Morgan fingerprint density at radius 1 is 1.00 bits per heavy atom. The molecule has 0 unspecified atom stereocenters. The number of rotatable bonds is 4. The normalized spacial score (nSPS) is 10.0. The number of nitrogens with one attached hydrogen (secondary N) is 1. The zero-order valence-corrected chi connectivity index (χ0v) is 10.2. The Morgan fingerprint density at radius 3 is 2.35 bits per heavy atom. The number of methoxy groups -OCH3 is 1. The van der Waals surface area contributed by atoms with Crippen LogP contribution >= 0.6 is 0 Å². The maximum absolute atomic E-state index is 5.17. The van der Waals surface area contributed by atoms with Crippen molar-refractivity contribution >= 4 is 5.69 Å². The number of para-hydroxylation sites is 1. The average Bonchev–Trinajstić information content (AvgIpc) is 2.40. The van der Waals surface area contributed by atoms with Gasteiger partial charge in [0.15, 0.2) is 0 Å². The summed E-state index contributed by atoms with van der Waals surface area (Å²) in [5.74, 6) is 0.884. The van der Waals surface area contributed by atoms with Crippen LogP contribution in [0, 0.1) is 0 Å². The smallest absolute Gasteiger partial charge is 0.118 e. The molecule has 0 saturated carbocycles. The second kappa shape index (κ2) is 5.39. The maximum Gasteiger partial charge on any atom is 0.118 e. The SMILES string of the molecule is CCNc1ccccc1-c1ccc(OC)cc1. The van der Waals surface area contributed by atoms with E-state index < -0.39 is 0 Å². The Labute approximate surface area is 102 Å². The van der Waals surface area contributed by atoms with E-state index in [4.69, 9.17) is 4.74 Å². The molecule has 0 bridgehead atoms. The average molecular weight is 227 g/mol. The Kier molecular flexibility index (Phi) is 3.66. The van der Waals surface area contributed by atoms with Gasteiger partial charge in [0, 0.05) is 17.8 Å². The third-order valence-electron chi connectivity index (χ3n) is 2.70. The lowest BCUT2D eigenvalue weighted by Crippen LogP contribution is -1.98. The highest BCUT2D eigenvalue weighted by molar-refractivity contribution is 5.78. The van der Waals surface area contributed by atoms with E-state index >= 15 is 0 Å². The molecular weight excluding hydrogens is 210 g/mol. The molecule has 0 radical (unpaired) electrons. The Morgan fingerprint density at radius 2 is 1.71 bits per heavy atom. The van der Waals surface area contributed by atoms with E-state index in [-0.39, 0.29) is 0 Å². The fourth-order valence-electron chi connectivity index (χ4n) is 1.85. The van der Waals surface area contributed by atoms with Gasteiger partial charge in [-0.2, -0.15) is 0 Å². The summed E-state index contributed by atoms with van der Waals surface area (Å²) in [6.45, 7) is 3.03. The van der Waals surface area contributed by atoms with Crippen LogP contribution in [0.25, 0.3) is 11.1 Å². The van der Waals surface area contributed by atoms with Crippen LogP contribution in [0.1, 0.15) is 6.92 Å². The minimum absolute atomic E-state index is 0.884. The minimum Gasteiger partial charge on any atom is -0.497 e. The first-order valence-electron chi connectivity index (χ1n) is 5.82. The maximum atomic E-state index is 5.17. The largest absolute Gasteiger partial charge is 0.497 e. The van der Waals surface area contributed by atoms with E-state index in [1.165, 1.54) is 16.8 Å². The molecule has 88 valence electrons. The molecule has 2 heteroatoms. The molecule has 2 aromatic carbocycles. The molecule has 0 aliphatic carbocycles. The first kappa shape index (κ1) is 11.5. The van der Waals surface area contributed by atoms with Crippen molar-refractivity contribution < 1.29 is 4.74 Å². The van der Waals surface area contributed by atoms with Gasteiger partial charge in [-0.25, -0.2) is 0 Å². The molecule has 0 atom stereocenters. The summed E-state index contributed by atoms with van der Waals surface area (Å²) in [6.07, 6.45) is 0. The lowest BCUT2D eigenvalue weighted by molar-refractivity contribution is 0.415. The molecule has 2 rings (SSSR count). The van der Waals surface area contributed by atoms with Gasteiger partial charge < -0.3 is 10.1 Å². The molecule has 0 aromatic heterocycles. The summed E-state index contributed by atoms with van der Waals surface area (Å²) in [6, 6.07) is 16.5. The van der Waals surface area contributed by atoms with E-state index in [9.17, 15) is 0 Å². The quantitative estimate of drug-likeness (QED) is 0.858. The first-order chi connectivity index (χ1) is 8.35. The fraction of sp³-hybridized carbons (Fsp3) is 0.200. The van der Waals surface area contributed by atoms with Crippen LogP contribution in [0.15, 0.2) is 48.5 Å². The summed E-state index contributed by atoms with van der Waals surface area (Å²) in [7, 11) is 1.68. The van der Waals surface area contributed by atoms with Crippen LogP contribution in [0.3, 0.4) is 0 Å². The van der Waals surface area contributed by atoms with E-state index in [0.29, 0.717) is 0 Å². The van der Waals surface area contributed by atoms with Gasteiger partial charge in [0.25, 0.3) is 0 Å². The second-order valence-corrected chi connectivity index (χ2v) is 3.80. The summed E-state index contributed by atoms with van der Waals surface area (Å²) in [5, 5.41) is 3.37. The molecule has 0 spiro atoms. The van der Waals surface area contributed by atoms with E-state index in [1.54, 1.807) is 7.11 Å². The van der Waals surface area contributed by atoms with E-state index in [1.807, 2.05) is 18.2 Å². The summed E-state index contributed by atoms with van der Waals surface area (Å²) >= 11 is 0. The van der Waals surface area contributed by atoms with Gasteiger partial charge >= 0.3 is 0 Å². The van der Waals surface area contributed by atoms with Gasteiger partial charge in [-0.1, -0.05) is 30.3 Å². The second-order valence-electron chi connectivity index (χ2n) is 3.80. The van der Waals surface area contributed by atoms with Gasteiger partial charge in [0.05, 0.1) is 7.11 Å². The van der Waals surface area contributed by atoms with Crippen molar-refractivity contribution in [3.63, 3.8) is 0 Å². The van der Waals surface area contributed by atoms with E-state index in [0.717, 1.165) is 12.3 Å². The van der Waals surface area contributed by atoms with Crippen molar-refractivity contribution in [3.05, 3.63) is 48.5 Å². The molecule has 2 nitrogen and oxygen atoms in total. The first-order valence-corrected chi connectivity index (χ1v) is 5.82. The van der Waals surface area contributed by atoms with Crippen LogP contribution in [0.5, 0.6) is 5.75 Å². The zero-order valence-electron chi connectivity index (χ0n) is 10.2. The van der Waals surface area contributed by atoms with Crippen LogP contribution in [0.2, 0.25) is 0 Å². The van der Waals surface area contributed by atoms with Gasteiger partial charge in [0.2, 0.25) is 0 Å². The standard InChI is InChI=1S/C15H17NO/c1-3-16-15-7-5-4-6-14(15)12-8-10-13(17-2)11-9-12/h4-11,16H,3H2,1-2H3. The molecule has 0 amide bonds. The number of ether oxygens (including phenoxy) is 1. The van der Waals surface area contributed by atoms with Gasteiger partial charge in [-0.15, -0.1) is 0 Å². The molecule has 2 aromatic rings.